The number of phenolic OH excluding ortho intramolecular Hbond substituents is 1. The van der Waals surface area contributed by atoms with Gasteiger partial charge in [0, 0.05) is 20.3 Å². The van der Waals surface area contributed by atoms with E-state index in [1.54, 1.807) is 14.2 Å². The highest BCUT2D eigenvalue weighted by Crippen LogP contribution is 2.77. The summed E-state index contributed by atoms with van der Waals surface area (Å²) in [4.78, 5) is 0. The van der Waals surface area contributed by atoms with Crippen LogP contribution in [-0.2, 0) is 9.47 Å². The third kappa shape index (κ3) is 9.19. The maximum absolute atomic E-state index is 10.9. The lowest BCUT2D eigenvalue weighted by Crippen LogP contribution is -2.42. The van der Waals surface area contributed by atoms with Gasteiger partial charge in [0.25, 0.3) is 0 Å². The van der Waals surface area contributed by atoms with Crippen molar-refractivity contribution in [3.05, 3.63) is 18.2 Å². The SMILES string of the molecule is COC(OC)[Si]CCCCCCCCOc1ccc(O)cc1[P+](C1CCCCC1)(C1CCCCC1)C1CCCCC1. The van der Waals surface area contributed by atoms with Crippen molar-refractivity contribution in [1.82, 2.24) is 0 Å². The minimum Gasteiger partial charge on any atom is -0.508 e. The van der Waals surface area contributed by atoms with Crippen LogP contribution < -0.4 is 10.0 Å². The summed E-state index contributed by atoms with van der Waals surface area (Å²) in [6, 6.07) is 7.47. The highest BCUT2D eigenvalue weighted by molar-refractivity contribution is 7.85. The minimum atomic E-state index is -1.53. The zero-order chi connectivity index (χ0) is 28.8. The van der Waals surface area contributed by atoms with Crippen LogP contribution in [0.25, 0.3) is 0 Å². The van der Waals surface area contributed by atoms with Crippen LogP contribution in [0, 0.1) is 0 Å². The Hall–Kier alpha value is -0.613. The minimum absolute atomic E-state index is 0.0209. The summed E-state index contributed by atoms with van der Waals surface area (Å²) < 4.78 is 17.4. The van der Waals surface area contributed by atoms with Crippen molar-refractivity contribution in [3.63, 3.8) is 0 Å². The molecule has 1 aromatic carbocycles. The van der Waals surface area contributed by atoms with E-state index in [1.807, 2.05) is 6.07 Å². The predicted octanol–water partition coefficient (Wildman–Crippen LogP) is 9.45. The summed E-state index contributed by atoms with van der Waals surface area (Å²) in [6.45, 7) is 0.808. The van der Waals surface area contributed by atoms with Gasteiger partial charge in [-0.3, -0.25) is 0 Å². The maximum Gasteiger partial charge on any atom is 0.161 e. The zero-order valence-electron chi connectivity index (χ0n) is 26.4. The van der Waals surface area contributed by atoms with Crippen molar-refractivity contribution >= 4 is 22.1 Å². The lowest BCUT2D eigenvalue weighted by Gasteiger charge is -2.49. The van der Waals surface area contributed by atoms with Crippen LogP contribution in [-0.4, -0.2) is 58.3 Å². The van der Waals surface area contributed by atoms with E-state index in [0.29, 0.717) is 5.75 Å². The van der Waals surface area contributed by atoms with E-state index in [2.05, 4.69) is 12.1 Å². The molecular weight excluding hydrogens is 543 g/mol. The summed E-state index contributed by atoms with van der Waals surface area (Å²) in [5.74, 6) is 1.58. The fourth-order valence-corrected chi connectivity index (χ4v) is 17.1. The topological polar surface area (TPSA) is 47.9 Å². The second kappa shape index (κ2) is 18.3. The number of hydrogen-bond donors (Lipinski definition) is 1. The second-order valence-corrected chi connectivity index (χ2v) is 18.8. The van der Waals surface area contributed by atoms with Crippen LogP contribution in [0.4, 0.5) is 0 Å². The van der Waals surface area contributed by atoms with E-state index in [1.165, 1.54) is 140 Å². The molecule has 1 aromatic rings. The summed E-state index contributed by atoms with van der Waals surface area (Å²) in [7, 11) is 2.67. The number of phenols is 1. The van der Waals surface area contributed by atoms with Crippen LogP contribution in [0.2, 0.25) is 6.04 Å². The number of rotatable bonds is 17. The van der Waals surface area contributed by atoms with E-state index >= 15 is 0 Å². The van der Waals surface area contributed by atoms with Gasteiger partial charge in [-0.1, -0.05) is 57.4 Å². The maximum atomic E-state index is 10.9. The van der Waals surface area contributed by atoms with Gasteiger partial charge in [-0.25, -0.2) is 0 Å². The highest BCUT2D eigenvalue weighted by Gasteiger charge is 2.60. The molecule has 0 unspecified atom stereocenters. The van der Waals surface area contributed by atoms with Gasteiger partial charge in [0.1, 0.15) is 26.5 Å². The molecule has 3 aliphatic rings. The summed E-state index contributed by atoms with van der Waals surface area (Å²) >= 11 is 0. The normalized spacial score (nSPS) is 20.1. The van der Waals surface area contributed by atoms with Crippen molar-refractivity contribution in [2.24, 2.45) is 0 Å². The Balaban J connectivity index is 1.42. The van der Waals surface area contributed by atoms with Crippen LogP contribution in [0.3, 0.4) is 0 Å². The van der Waals surface area contributed by atoms with Gasteiger partial charge in [0.2, 0.25) is 0 Å². The Kier molecular flexibility index (Phi) is 14.8. The third-order valence-electron chi connectivity index (χ3n) is 10.5. The fourth-order valence-electron chi connectivity index (χ4n) is 8.54. The quantitative estimate of drug-likeness (QED) is 0.0834. The first-order chi connectivity index (χ1) is 20.2. The first-order valence-electron chi connectivity index (χ1n) is 17.3. The Morgan fingerprint density at radius 2 is 1.20 bits per heavy atom. The second-order valence-electron chi connectivity index (χ2n) is 13.1. The lowest BCUT2D eigenvalue weighted by atomic mass is 9.99. The van der Waals surface area contributed by atoms with Gasteiger partial charge in [-0.2, -0.15) is 0 Å². The molecule has 232 valence electrons. The Morgan fingerprint density at radius 3 is 1.71 bits per heavy atom. The fraction of sp³-hybridized carbons (Fsp3) is 0.829. The van der Waals surface area contributed by atoms with Crippen molar-refractivity contribution in [3.8, 4) is 11.5 Å². The molecule has 3 fully saturated rings. The van der Waals surface area contributed by atoms with Crippen LogP contribution in [0.15, 0.2) is 18.2 Å². The lowest BCUT2D eigenvalue weighted by molar-refractivity contribution is -0.0441. The predicted molar refractivity (Wildman–Crippen MR) is 177 cm³/mol. The van der Waals surface area contributed by atoms with Gasteiger partial charge in [0.05, 0.1) is 30.8 Å². The summed E-state index contributed by atoms with van der Waals surface area (Å²) in [5, 5.41) is 12.4. The molecule has 0 bridgehead atoms. The van der Waals surface area contributed by atoms with Crippen LogP contribution in [0.1, 0.15) is 135 Å². The monoisotopic (exact) mass is 603 g/mol. The van der Waals surface area contributed by atoms with Crippen LogP contribution in [0.5, 0.6) is 11.5 Å². The summed E-state index contributed by atoms with van der Waals surface area (Å²) in [5.41, 5.74) is 2.53. The van der Waals surface area contributed by atoms with E-state index in [0.717, 1.165) is 45.3 Å². The molecular formula is C35H60O4PSi+. The number of aromatic hydroxyl groups is 1. The largest absolute Gasteiger partial charge is 0.508 e. The highest BCUT2D eigenvalue weighted by atomic mass is 31.2. The molecule has 41 heavy (non-hydrogen) atoms. The molecule has 1 N–H and O–H groups in total. The Bertz CT molecular complexity index is 799. The molecule has 0 aromatic heterocycles. The molecule has 0 atom stereocenters. The van der Waals surface area contributed by atoms with Gasteiger partial charge in [-0.15, -0.1) is 0 Å². The van der Waals surface area contributed by atoms with E-state index < -0.39 is 7.26 Å². The first kappa shape index (κ1) is 33.3. The average molecular weight is 604 g/mol. The summed E-state index contributed by atoms with van der Waals surface area (Å²) in [6.07, 6.45) is 28.6. The van der Waals surface area contributed by atoms with Crippen molar-refractivity contribution in [2.45, 2.75) is 164 Å². The first-order valence-corrected chi connectivity index (χ1v) is 20.6. The zero-order valence-corrected chi connectivity index (χ0v) is 28.3. The molecule has 4 rings (SSSR count). The molecule has 6 heteroatoms. The molecule has 0 spiro atoms. The van der Waals surface area contributed by atoms with Gasteiger partial charge in [0.15, 0.2) is 5.75 Å². The molecule has 0 heterocycles. The van der Waals surface area contributed by atoms with E-state index in [-0.39, 0.29) is 5.91 Å². The van der Waals surface area contributed by atoms with E-state index in [9.17, 15) is 5.11 Å². The van der Waals surface area contributed by atoms with Crippen molar-refractivity contribution < 1.29 is 19.3 Å². The molecule has 2 radical (unpaired) electrons. The molecule has 0 saturated heterocycles. The molecule has 0 amide bonds. The van der Waals surface area contributed by atoms with Crippen molar-refractivity contribution in [2.75, 3.05) is 20.8 Å². The number of benzene rings is 1. The number of hydrogen-bond acceptors (Lipinski definition) is 4. The molecule has 0 aliphatic heterocycles. The molecule has 4 nitrogen and oxygen atoms in total. The van der Waals surface area contributed by atoms with E-state index in [4.69, 9.17) is 14.2 Å². The average Bonchev–Trinajstić information content (AvgIpc) is 3.03. The van der Waals surface area contributed by atoms with Crippen molar-refractivity contribution in [1.29, 1.82) is 0 Å². The Morgan fingerprint density at radius 1 is 0.707 bits per heavy atom. The Labute approximate surface area is 255 Å². The molecule has 3 saturated carbocycles. The van der Waals surface area contributed by atoms with Crippen LogP contribution >= 0.6 is 7.26 Å². The van der Waals surface area contributed by atoms with Gasteiger partial charge < -0.3 is 19.3 Å². The number of unbranched alkanes of at least 4 members (excludes halogenated alkanes) is 5. The third-order valence-corrected chi connectivity index (χ3v) is 18.3. The molecule has 3 aliphatic carbocycles. The number of ether oxygens (including phenoxy) is 3. The number of methoxy groups -OCH3 is 2. The smallest absolute Gasteiger partial charge is 0.161 e. The van der Waals surface area contributed by atoms with Gasteiger partial charge >= 0.3 is 0 Å². The standard InChI is InChI=1S/C35H59O4PSi/c1-37-35(38-2)41-27-17-6-4-3-5-16-26-39-33-25-24-29(36)28-34(33)40(30-18-10-7-11-19-30,31-20-12-8-13-21-31)32-22-14-9-15-23-32/h24-25,28,30-32,35H,3-23,26-27H2,1-2H3/p+1. The van der Waals surface area contributed by atoms with Gasteiger partial charge in [-0.05, 0) is 95.6 Å².